The van der Waals surface area contributed by atoms with Gasteiger partial charge in [-0.15, -0.1) is 0 Å². The first-order chi connectivity index (χ1) is 13.0. The van der Waals surface area contributed by atoms with E-state index in [4.69, 9.17) is 0 Å². The summed E-state index contributed by atoms with van der Waals surface area (Å²) in [6.07, 6.45) is 3.25. The Labute approximate surface area is 155 Å². The lowest BCUT2D eigenvalue weighted by Crippen LogP contribution is -2.20. The van der Waals surface area contributed by atoms with Crippen molar-refractivity contribution in [2.75, 3.05) is 18.0 Å². The summed E-state index contributed by atoms with van der Waals surface area (Å²) in [5.74, 6) is -0.939. The van der Waals surface area contributed by atoms with E-state index in [1.807, 2.05) is 6.07 Å². The zero-order valence-electron chi connectivity index (χ0n) is 14.6. The molecule has 1 heterocycles. The van der Waals surface area contributed by atoms with Crippen LogP contribution in [0.4, 0.5) is 15.8 Å². The Morgan fingerprint density at radius 1 is 1.26 bits per heavy atom. The molecule has 3 rings (SSSR count). The number of hydrogen-bond acceptors (Lipinski definition) is 5. The SMILES string of the molecule is O=C(Cc1ccccc1[N+](=O)[O-])NN=Cc1ccc(N2CCCC2)cc1F. The molecule has 1 aliphatic heterocycles. The molecule has 0 atom stereocenters. The highest BCUT2D eigenvalue weighted by atomic mass is 19.1. The summed E-state index contributed by atoms with van der Waals surface area (Å²) >= 11 is 0. The molecule has 0 radical (unpaired) electrons. The Morgan fingerprint density at radius 3 is 2.70 bits per heavy atom. The van der Waals surface area contributed by atoms with Gasteiger partial charge in [-0.05, 0) is 31.0 Å². The van der Waals surface area contributed by atoms with Crippen molar-refractivity contribution in [3.63, 3.8) is 0 Å². The number of nitro benzene ring substituents is 1. The maximum absolute atomic E-state index is 14.2. The van der Waals surface area contributed by atoms with Crippen molar-refractivity contribution in [1.29, 1.82) is 0 Å². The Balaban J connectivity index is 1.60. The number of halogens is 1. The van der Waals surface area contributed by atoms with Gasteiger partial charge in [0.25, 0.3) is 5.69 Å². The molecule has 0 saturated carbocycles. The predicted molar refractivity (Wildman–Crippen MR) is 100 cm³/mol. The molecule has 2 aromatic rings. The number of nitro groups is 1. The molecule has 2 aromatic carbocycles. The molecule has 1 amide bonds. The highest BCUT2D eigenvalue weighted by Gasteiger charge is 2.15. The van der Waals surface area contributed by atoms with Crippen LogP contribution in [0.3, 0.4) is 0 Å². The van der Waals surface area contributed by atoms with Gasteiger partial charge in [0.15, 0.2) is 0 Å². The lowest BCUT2D eigenvalue weighted by molar-refractivity contribution is -0.385. The fraction of sp³-hybridized carbons (Fsp3) is 0.263. The largest absolute Gasteiger partial charge is 0.371 e. The van der Waals surface area contributed by atoms with E-state index in [-0.39, 0.29) is 23.2 Å². The van der Waals surface area contributed by atoms with Gasteiger partial charge in [0.1, 0.15) is 5.82 Å². The molecule has 1 saturated heterocycles. The van der Waals surface area contributed by atoms with Gasteiger partial charge in [-0.2, -0.15) is 5.10 Å². The van der Waals surface area contributed by atoms with Crippen LogP contribution in [0.1, 0.15) is 24.0 Å². The number of para-hydroxylation sites is 1. The van der Waals surface area contributed by atoms with Crippen LogP contribution in [0.2, 0.25) is 0 Å². The van der Waals surface area contributed by atoms with Crippen molar-refractivity contribution in [2.45, 2.75) is 19.3 Å². The van der Waals surface area contributed by atoms with Gasteiger partial charge < -0.3 is 4.90 Å². The van der Waals surface area contributed by atoms with Crippen LogP contribution in [0, 0.1) is 15.9 Å². The predicted octanol–water partition coefficient (Wildman–Crippen LogP) is 3.03. The van der Waals surface area contributed by atoms with Gasteiger partial charge in [0.2, 0.25) is 5.91 Å². The van der Waals surface area contributed by atoms with Crippen molar-refractivity contribution in [3.05, 3.63) is 69.5 Å². The fourth-order valence-electron chi connectivity index (χ4n) is 3.02. The minimum Gasteiger partial charge on any atom is -0.371 e. The molecule has 8 heteroatoms. The Morgan fingerprint density at radius 2 is 2.00 bits per heavy atom. The average Bonchev–Trinajstić information content (AvgIpc) is 3.18. The first kappa shape index (κ1) is 18.5. The topological polar surface area (TPSA) is 87.8 Å². The van der Waals surface area contributed by atoms with Gasteiger partial charge in [-0.25, -0.2) is 9.82 Å². The first-order valence-corrected chi connectivity index (χ1v) is 8.63. The van der Waals surface area contributed by atoms with E-state index < -0.39 is 16.6 Å². The number of nitrogens with one attached hydrogen (secondary N) is 1. The second-order valence-corrected chi connectivity index (χ2v) is 6.26. The fourth-order valence-corrected chi connectivity index (χ4v) is 3.02. The second-order valence-electron chi connectivity index (χ2n) is 6.26. The van der Waals surface area contributed by atoms with Crippen molar-refractivity contribution in [3.8, 4) is 0 Å². The monoisotopic (exact) mass is 370 g/mol. The second kappa shape index (κ2) is 8.39. The molecule has 1 aliphatic rings. The van der Waals surface area contributed by atoms with E-state index in [2.05, 4.69) is 15.4 Å². The highest BCUT2D eigenvalue weighted by Crippen LogP contribution is 2.22. The molecule has 0 aliphatic carbocycles. The Kier molecular flexibility index (Phi) is 5.75. The molecule has 0 spiro atoms. The van der Waals surface area contributed by atoms with E-state index in [9.17, 15) is 19.3 Å². The maximum Gasteiger partial charge on any atom is 0.273 e. The Bertz CT molecular complexity index is 879. The van der Waals surface area contributed by atoms with Crippen LogP contribution in [0.15, 0.2) is 47.6 Å². The molecular weight excluding hydrogens is 351 g/mol. The molecule has 140 valence electrons. The zero-order chi connectivity index (χ0) is 19.2. The molecule has 0 bridgehead atoms. The van der Waals surface area contributed by atoms with Crippen molar-refractivity contribution < 1.29 is 14.1 Å². The summed E-state index contributed by atoms with van der Waals surface area (Å²) in [6, 6.07) is 10.9. The highest BCUT2D eigenvalue weighted by molar-refractivity contribution is 5.84. The van der Waals surface area contributed by atoms with Crippen LogP contribution < -0.4 is 10.3 Å². The third-order valence-electron chi connectivity index (χ3n) is 4.39. The van der Waals surface area contributed by atoms with Crippen molar-refractivity contribution >= 4 is 23.5 Å². The normalized spacial score (nSPS) is 13.9. The molecule has 1 N–H and O–H groups in total. The number of benzene rings is 2. The number of amides is 1. The third kappa shape index (κ3) is 4.66. The first-order valence-electron chi connectivity index (χ1n) is 8.63. The van der Waals surface area contributed by atoms with Crippen molar-refractivity contribution in [2.24, 2.45) is 5.10 Å². The molecular formula is C19H19FN4O3. The van der Waals surface area contributed by atoms with E-state index in [1.165, 1.54) is 30.5 Å². The smallest absolute Gasteiger partial charge is 0.273 e. The lowest BCUT2D eigenvalue weighted by Gasteiger charge is -2.17. The number of carbonyl (C=O) groups is 1. The molecule has 0 aromatic heterocycles. The van der Waals surface area contributed by atoms with Gasteiger partial charge in [-0.3, -0.25) is 14.9 Å². The van der Waals surface area contributed by atoms with Crippen LogP contribution in [0.5, 0.6) is 0 Å². The van der Waals surface area contributed by atoms with Gasteiger partial charge in [-0.1, -0.05) is 18.2 Å². The van der Waals surface area contributed by atoms with E-state index >= 15 is 0 Å². The number of anilines is 1. The zero-order valence-corrected chi connectivity index (χ0v) is 14.6. The number of nitrogens with zero attached hydrogens (tertiary/aromatic N) is 3. The summed E-state index contributed by atoms with van der Waals surface area (Å²) in [5, 5.41) is 14.7. The van der Waals surface area contributed by atoms with Crippen LogP contribution in [-0.4, -0.2) is 30.1 Å². The Hall–Kier alpha value is -3.29. The molecule has 7 nitrogen and oxygen atoms in total. The summed E-state index contributed by atoms with van der Waals surface area (Å²) in [5.41, 5.74) is 3.53. The van der Waals surface area contributed by atoms with Crippen molar-refractivity contribution in [1.82, 2.24) is 5.43 Å². The summed E-state index contributed by atoms with van der Waals surface area (Å²) in [6.45, 7) is 1.85. The molecule has 27 heavy (non-hydrogen) atoms. The number of hydrazone groups is 1. The van der Waals surface area contributed by atoms with Gasteiger partial charge in [0, 0.05) is 36.0 Å². The van der Waals surface area contributed by atoms with Crippen LogP contribution >= 0.6 is 0 Å². The minimum absolute atomic E-state index is 0.125. The van der Waals surface area contributed by atoms with Gasteiger partial charge >= 0.3 is 0 Å². The molecule has 0 unspecified atom stereocenters. The number of carbonyl (C=O) groups excluding carboxylic acids is 1. The van der Waals surface area contributed by atoms with Crippen LogP contribution in [-0.2, 0) is 11.2 Å². The summed E-state index contributed by atoms with van der Waals surface area (Å²) in [4.78, 5) is 24.5. The van der Waals surface area contributed by atoms with Crippen LogP contribution in [0.25, 0.3) is 0 Å². The summed E-state index contributed by atoms with van der Waals surface area (Å²) in [7, 11) is 0. The standard InChI is InChI=1S/C19H19FN4O3/c20-17-12-16(23-9-3-4-10-23)8-7-15(17)13-21-22-19(25)11-14-5-1-2-6-18(14)24(26)27/h1-2,5-8,12-13H,3-4,9-11H2,(H,22,25). The maximum atomic E-state index is 14.2. The number of hydrogen-bond donors (Lipinski definition) is 1. The van der Waals surface area contributed by atoms with E-state index in [1.54, 1.807) is 12.1 Å². The average molecular weight is 370 g/mol. The van der Waals surface area contributed by atoms with E-state index in [0.29, 0.717) is 0 Å². The quantitative estimate of drug-likeness (QED) is 0.481. The third-order valence-corrected chi connectivity index (χ3v) is 4.39. The number of rotatable bonds is 6. The van der Waals surface area contributed by atoms with E-state index in [0.717, 1.165) is 31.6 Å². The van der Waals surface area contributed by atoms with Gasteiger partial charge in [0.05, 0.1) is 17.6 Å². The molecule has 1 fully saturated rings. The lowest BCUT2D eigenvalue weighted by atomic mass is 10.1. The summed E-state index contributed by atoms with van der Waals surface area (Å²) < 4.78 is 14.2. The minimum atomic E-state index is -0.539.